The molecule has 2 N–H and O–H groups in total. The van der Waals surface area contributed by atoms with Crippen molar-refractivity contribution < 1.29 is 18.3 Å². The summed E-state index contributed by atoms with van der Waals surface area (Å²) < 4.78 is 28.9. The number of carboxylic acid groups (broad SMARTS) is 1. The summed E-state index contributed by atoms with van der Waals surface area (Å²) in [5, 5.41) is 10.5. The van der Waals surface area contributed by atoms with Crippen LogP contribution in [0, 0.1) is 12.8 Å². The lowest BCUT2D eigenvalue weighted by molar-refractivity contribution is -0.143. The van der Waals surface area contributed by atoms with Gasteiger partial charge in [-0.05, 0) is 60.9 Å². The Bertz CT molecular complexity index is 1170. The highest BCUT2D eigenvalue weighted by molar-refractivity contribution is 7.98. The third-order valence-corrected chi connectivity index (χ3v) is 8.30. The maximum absolute atomic E-state index is 13.1. The SMILES string of the molecule is Cc1ccc(S(=O)(=O)N[C@H](c2ccc(Cl)cc2)[C@@H](CCCSCc2ccccc2)C(=O)O)cc1. The highest BCUT2D eigenvalue weighted by Crippen LogP contribution is 2.30. The summed E-state index contributed by atoms with van der Waals surface area (Å²) >= 11 is 7.75. The van der Waals surface area contributed by atoms with Crippen molar-refractivity contribution in [1.29, 1.82) is 0 Å². The highest BCUT2D eigenvalue weighted by Gasteiger charge is 2.33. The molecule has 2 atom stereocenters. The van der Waals surface area contributed by atoms with Gasteiger partial charge in [-0.25, -0.2) is 13.1 Å². The van der Waals surface area contributed by atoms with Gasteiger partial charge in [0.2, 0.25) is 10.0 Å². The third kappa shape index (κ3) is 7.60. The number of thioether (sulfide) groups is 1. The summed E-state index contributed by atoms with van der Waals surface area (Å²) in [6, 6.07) is 22.2. The fourth-order valence-electron chi connectivity index (χ4n) is 3.61. The van der Waals surface area contributed by atoms with E-state index in [1.54, 1.807) is 48.2 Å². The predicted octanol–water partition coefficient (Wildman–Crippen LogP) is 6.08. The Kier molecular flexibility index (Phi) is 9.59. The van der Waals surface area contributed by atoms with E-state index in [0.717, 1.165) is 17.1 Å². The van der Waals surface area contributed by atoms with Gasteiger partial charge in [0.1, 0.15) is 0 Å². The van der Waals surface area contributed by atoms with E-state index in [-0.39, 0.29) is 4.90 Å². The second kappa shape index (κ2) is 12.4. The highest BCUT2D eigenvalue weighted by atomic mass is 35.5. The Hall–Kier alpha value is -2.32. The molecule has 0 saturated heterocycles. The van der Waals surface area contributed by atoms with Crippen molar-refractivity contribution in [2.75, 3.05) is 5.75 Å². The van der Waals surface area contributed by atoms with Crippen LogP contribution in [-0.4, -0.2) is 25.2 Å². The molecule has 8 heteroatoms. The Morgan fingerprint density at radius 1 is 1.00 bits per heavy atom. The van der Waals surface area contributed by atoms with Crippen molar-refractivity contribution in [3.8, 4) is 0 Å². The van der Waals surface area contributed by atoms with E-state index < -0.39 is 28.0 Å². The number of nitrogens with one attached hydrogen (secondary N) is 1. The van der Waals surface area contributed by atoms with Crippen LogP contribution in [0.4, 0.5) is 0 Å². The molecule has 3 aromatic carbocycles. The van der Waals surface area contributed by atoms with E-state index >= 15 is 0 Å². The van der Waals surface area contributed by atoms with Gasteiger partial charge in [0.15, 0.2) is 0 Å². The van der Waals surface area contributed by atoms with Crippen molar-refractivity contribution in [2.45, 2.75) is 36.5 Å². The van der Waals surface area contributed by atoms with Gasteiger partial charge in [0, 0.05) is 10.8 Å². The van der Waals surface area contributed by atoms with Crippen LogP contribution in [0.5, 0.6) is 0 Å². The molecule has 0 aliphatic rings. The Labute approximate surface area is 210 Å². The normalized spacial score (nSPS) is 13.4. The smallest absolute Gasteiger partial charge is 0.308 e. The molecular weight excluding hydrogens is 490 g/mol. The van der Waals surface area contributed by atoms with Crippen molar-refractivity contribution >= 4 is 39.4 Å². The molecule has 0 aliphatic carbocycles. The first-order chi connectivity index (χ1) is 16.3. The number of carboxylic acids is 1. The van der Waals surface area contributed by atoms with E-state index in [1.807, 2.05) is 25.1 Å². The van der Waals surface area contributed by atoms with Crippen molar-refractivity contribution in [3.05, 3.63) is 101 Å². The number of hydrogen-bond donors (Lipinski definition) is 2. The molecule has 0 unspecified atom stereocenters. The van der Waals surface area contributed by atoms with E-state index in [4.69, 9.17) is 11.6 Å². The molecule has 3 rings (SSSR count). The van der Waals surface area contributed by atoms with Gasteiger partial charge in [0.05, 0.1) is 16.9 Å². The first kappa shape index (κ1) is 26.3. The fourth-order valence-corrected chi connectivity index (χ4v) is 5.94. The van der Waals surface area contributed by atoms with Gasteiger partial charge in [-0.2, -0.15) is 11.8 Å². The number of aryl methyl sites for hydroxylation is 1. The summed E-state index contributed by atoms with van der Waals surface area (Å²) in [4.78, 5) is 12.4. The second-order valence-corrected chi connectivity index (χ2v) is 11.3. The van der Waals surface area contributed by atoms with Crippen LogP contribution >= 0.6 is 23.4 Å². The summed E-state index contributed by atoms with van der Waals surface area (Å²) in [7, 11) is -3.94. The minimum atomic E-state index is -3.94. The lowest BCUT2D eigenvalue weighted by atomic mass is 9.90. The largest absolute Gasteiger partial charge is 0.481 e. The number of carbonyl (C=O) groups is 1. The predicted molar refractivity (Wildman–Crippen MR) is 139 cm³/mol. The van der Waals surface area contributed by atoms with E-state index in [0.29, 0.717) is 23.4 Å². The zero-order valence-electron chi connectivity index (χ0n) is 18.9. The molecule has 5 nitrogen and oxygen atoms in total. The van der Waals surface area contributed by atoms with Crippen molar-refractivity contribution in [1.82, 2.24) is 4.72 Å². The van der Waals surface area contributed by atoms with E-state index in [2.05, 4.69) is 16.9 Å². The molecular formula is C26H28ClNO4S2. The Morgan fingerprint density at radius 2 is 1.65 bits per heavy atom. The van der Waals surface area contributed by atoms with Crippen LogP contribution < -0.4 is 4.72 Å². The monoisotopic (exact) mass is 517 g/mol. The average molecular weight is 518 g/mol. The second-order valence-electron chi connectivity index (χ2n) is 8.09. The number of hydrogen-bond acceptors (Lipinski definition) is 4. The van der Waals surface area contributed by atoms with Crippen molar-refractivity contribution in [2.24, 2.45) is 5.92 Å². The maximum Gasteiger partial charge on any atom is 0.308 e. The lowest BCUT2D eigenvalue weighted by Crippen LogP contribution is -2.37. The third-order valence-electron chi connectivity index (χ3n) is 5.48. The standard InChI is InChI=1S/C26H28ClNO4S2/c1-19-9-15-23(16-10-19)34(31,32)28-25(21-11-13-22(27)14-12-21)24(26(29)30)8-5-17-33-18-20-6-3-2-4-7-20/h2-4,6-7,9-16,24-25,28H,5,8,17-18H2,1H3,(H,29,30)/t24-,25-/m1/s1. The van der Waals surface area contributed by atoms with Crippen LogP contribution in [-0.2, 0) is 20.6 Å². The van der Waals surface area contributed by atoms with Gasteiger partial charge in [-0.15, -0.1) is 0 Å². The molecule has 3 aromatic rings. The summed E-state index contributed by atoms with van der Waals surface area (Å²) in [5.41, 5.74) is 2.71. The first-order valence-corrected chi connectivity index (χ1v) is 14.0. The Balaban J connectivity index is 1.76. The van der Waals surface area contributed by atoms with Crippen LogP contribution in [0.15, 0.2) is 83.8 Å². The number of benzene rings is 3. The average Bonchev–Trinajstić information content (AvgIpc) is 2.81. The number of halogens is 1. The molecule has 0 aromatic heterocycles. The minimum absolute atomic E-state index is 0.0969. The molecule has 180 valence electrons. The number of sulfonamides is 1. The van der Waals surface area contributed by atoms with Gasteiger partial charge in [0.25, 0.3) is 0 Å². The van der Waals surface area contributed by atoms with Crippen LogP contribution in [0.2, 0.25) is 5.02 Å². The van der Waals surface area contributed by atoms with Crippen molar-refractivity contribution in [3.63, 3.8) is 0 Å². The van der Waals surface area contributed by atoms with Gasteiger partial charge < -0.3 is 5.11 Å². The van der Waals surface area contributed by atoms with Gasteiger partial charge in [-0.1, -0.05) is 71.8 Å². The molecule has 34 heavy (non-hydrogen) atoms. The van der Waals surface area contributed by atoms with Gasteiger partial charge in [-0.3, -0.25) is 4.79 Å². The lowest BCUT2D eigenvalue weighted by Gasteiger charge is -2.26. The number of rotatable bonds is 12. The molecule has 0 fully saturated rings. The summed E-state index contributed by atoms with van der Waals surface area (Å²) in [6.45, 7) is 1.87. The minimum Gasteiger partial charge on any atom is -0.481 e. The molecule has 0 heterocycles. The van der Waals surface area contributed by atoms with E-state index in [1.165, 1.54) is 17.7 Å². The number of aliphatic carboxylic acids is 1. The molecule has 0 amide bonds. The molecule has 0 bridgehead atoms. The molecule has 0 aliphatic heterocycles. The summed E-state index contributed by atoms with van der Waals surface area (Å²) in [6.07, 6.45) is 0.978. The fraction of sp³-hybridized carbons (Fsp3) is 0.269. The van der Waals surface area contributed by atoms with Crippen LogP contribution in [0.1, 0.15) is 35.6 Å². The zero-order valence-corrected chi connectivity index (χ0v) is 21.2. The van der Waals surface area contributed by atoms with Crippen LogP contribution in [0.3, 0.4) is 0 Å². The maximum atomic E-state index is 13.1. The molecule has 0 spiro atoms. The Morgan fingerprint density at radius 3 is 2.26 bits per heavy atom. The zero-order chi connectivity index (χ0) is 24.6. The molecule has 0 saturated carbocycles. The topological polar surface area (TPSA) is 83.5 Å². The van der Waals surface area contributed by atoms with E-state index in [9.17, 15) is 18.3 Å². The molecule has 0 radical (unpaired) electrons. The quantitative estimate of drug-likeness (QED) is 0.284. The first-order valence-electron chi connectivity index (χ1n) is 11.0. The van der Waals surface area contributed by atoms with Gasteiger partial charge >= 0.3 is 5.97 Å². The summed E-state index contributed by atoms with van der Waals surface area (Å²) in [5.74, 6) is -0.353. The van der Waals surface area contributed by atoms with Crippen LogP contribution in [0.25, 0.3) is 0 Å².